The Morgan fingerprint density at radius 3 is 2.56 bits per heavy atom. The number of aryl methyl sites for hydroxylation is 3. The Bertz CT molecular complexity index is 1560. The number of nitrogens with one attached hydrogen (secondary N) is 1. The summed E-state index contributed by atoms with van der Waals surface area (Å²) in [5.41, 5.74) is 4.05. The van der Waals surface area contributed by atoms with Crippen molar-refractivity contribution in [2.24, 2.45) is 0 Å². The third kappa shape index (κ3) is 4.49. The molecule has 0 aliphatic rings. The van der Waals surface area contributed by atoms with Crippen molar-refractivity contribution < 1.29 is 13.6 Å². The van der Waals surface area contributed by atoms with E-state index in [9.17, 15) is 13.6 Å². The Morgan fingerprint density at radius 1 is 1.08 bits per heavy atom. The summed E-state index contributed by atoms with van der Waals surface area (Å²) in [6, 6.07) is 10.5. The molecular weight excluding hydrogens is 484 g/mol. The van der Waals surface area contributed by atoms with E-state index < -0.39 is 6.43 Å². The third-order valence-electron chi connectivity index (χ3n) is 5.80. The minimum atomic E-state index is -2.71. The highest BCUT2D eigenvalue weighted by Gasteiger charge is 2.22. The molecule has 0 saturated carbocycles. The maximum absolute atomic E-state index is 14.0. The van der Waals surface area contributed by atoms with Crippen LogP contribution in [0.25, 0.3) is 33.5 Å². The Morgan fingerprint density at radius 2 is 1.86 bits per heavy atom. The topological polar surface area (TPSA) is 90.5 Å². The molecule has 0 unspecified atom stereocenters. The number of amides is 1. The van der Waals surface area contributed by atoms with Gasteiger partial charge in [-0.3, -0.25) is 9.48 Å². The van der Waals surface area contributed by atoms with Crippen LogP contribution in [0.15, 0.2) is 48.0 Å². The molecule has 8 nitrogen and oxygen atoms in total. The third-order valence-corrected chi connectivity index (χ3v) is 6.56. The van der Waals surface area contributed by atoms with Crippen molar-refractivity contribution in [3.05, 3.63) is 64.9 Å². The summed E-state index contributed by atoms with van der Waals surface area (Å²) >= 11 is 1.30. The maximum Gasteiger partial charge on any atom is 0.264 e. The molecule has 36 heavy (non-hydrogen) atoms. The summed E-state index contributed by atoms with van der Waals surface area (Å²) in [5.74, 6) is -0.383. The highest BCUT2D eigenvalue weighted by atomic mass is 32.1. The first-order valence-electron chi connectivity index (χ1n) is 11.4. The van der Waals surface area contributed by atoms with Gasteiger partial charge in [0.1, 0.15) is 6.54 Å². The number of halogens is 2. The van der Waals surface area contributed by atoms with Gasteiger partial charge in [-0.2, -0.15) is 10.2 Å². The van der Waals surface area contributed by atoms with Gasteiger partial charge in [-0.15, -0.1) is 11.3 Å². The van der Waals surface area contributed by atoms with Crippen molar-refractivity contribution in [3.8, 4) is 22.5 Å². The highest BCUT2D eigenvalue weighted by molar-refractivity contribution is 7.14. The predicted octanol–water partition coefficient (Wildman–Crippen LogP) is 5.63. The number of aromatic nitrogens is 6. The van der Waals surface area contributed by atoms with E-state index in [0.717, 1.165) is 23.5 Å². The van der Waals surface area contributed by atoms with Crippen molar-refractivity contribution in [1.29, 1.82) is 0 Å². The lowest BCUT2D eigenvalue weighted by atomic mass is 10.1. The number of fused-ring (bicyclic) bond motifs is 1. The molecule has 1 N–H and O–H groups in total. The number of rotatable bonds is 7. The molecule has 11 heteroatoms. The molecular formula is C25H23F2N7OS. The van der Waals surface area contributed by atoms with E-state index in [4.69, 9.17) is 0 Å². The van der Waals surface area contributed by atoms with Crippen LogP contribution in [0, 0.1) is 13.8 Å². The quantitative estimate of drug-likeness (QED) is 0.308. The summed E-state index contributed by atoms with van der Waals surface area (Å²) in [7, 11) is 0. The summed E-state index contributed by atoms with van der Waals surface area (Å²) in [4.78, 5) is 22.0. The van der Waals surface area contributed by atoms with Crippen LogP contribution in [0.2, 0.25) is 0 Å². The number of hydrogen-bond donors (Lipinski definition) is 1. The number of hydrogen-bond acceptors (Lipinski definition) is 6. The molecule has 0 fully saturated rings. The van der Waals surface area contributed by atoms with Crippen molar-refractivity contribution in [1.82, 2.24) is 29.5 Å². The summed E-state index contributed by atoms with van der Waals surface area (Å²) in [5, 5.41) is 14.1. The molecule has 5 aromatic rings. The van der Waals surface area contributed by atoms with Gasteiger partial charge in [0, 0.05) is 34.8 Å². The number of nitrogens with zero attached hydrogens (tertiary/aromatic N) is 6. The fraction of sp³-hybridized carbons (Fsp3) is 0.240. The fourth-order valence-corrected chi connectivity index (χ4v) is 4.83. The van der Waals surface area contributed by atoms with Crippen molar-refractivity contribution in [2.75, 3.05) is 5.32 Å². The first-order chi connectivity index (χ1) is 17.3. The average Bonchev–Trinajstić information content (AvgIpc) is 3.56. The highest BCUT2D eigenvalue weighted by Crippen LogP contribution is 2.33. The van der Waals surface area contributed by atoms with E-state index >= 15 is 0 Å². The number of carbonyl (C=O) groups is 1. The van der Waals surface area contributed by atoms with Gasteiger partial charge >= 0.3 is 0 Å². The normalized spacial score (nSPS) is 11.5. The molecule has 0 saturated heterocycles. The van der Waals surface area contributed by atoms with Gasteiger partial charge in [0.05, 0.1) is 28.2 Å². The SMILES string of the molecule is CCn1cc(-c2csc(NC(=O)Cn3nc(C)c4c(C(F)F)cc(-c5ccccc5)nc43)n2)c(C)n1. The summed E-state index contributed by atoms with van der Waals surface area (Å²) < 4.78 is 31.1. The fourth-order valence-electron chi connectivity index (χ4n) is 4.11. The molecule has 0 bridgehead atoms. The van der Waals surface area contributed by atoms with E-state index in [1.165, 1.54) is 22.1 Å². The lowest BCUT2D eigenvalue weighted by Crippen LogP contribution is -2.19. The van der Waals surface area contributed by atoms with Gasteiger partial charge in [-0.25, -0.2) is 23.4 Å². The van der Waals surface area contributed by atoms with E-state index in [1.807, 2.05) is 48.3 Å². The molecule has 4 heterocycles. The van der Waals surface area contributed by atoms with Crippen LogP contribution in [0.4, 0.5) is 13.9 Å². The molecule has 0 spiro atoms. The zero-order valence-electron chi connectivity index (χ0n) is 19.9. The van der Waals surface area contributed by atoms with Gasteiger partial charge < -0.3 is 5.32 Å². The van der Waals surface area contributed by atoms with Gasteiger partial charge in [-0.05, 0) is 26.8 Å². The van der Waals surface area contributed by atoms with Crippen LogP contribution in [0.3, 0.4) is 0 Å². The van der Waals surface area contributed by atoms with Crippen molar-refractivity contribution in [3.63, 3.8) is 0 Å². The second kappa shape index (κ2) is 9.57. The zero-order valence-corrected chi connectivity index (χ0v) is 20.7. The van der Waals surface area contributed by atoms with E-state index in [-0.39, 0.29) is 29.0 Å². The molecule has 184 valence electrons. The second-order valence-corrected chi connectivity index (χ2v) is 9.13. The molecule has 1 aromatic carbocycles. The molecule has 0 radical (unpaired) electrons. The smallest absolute Gasteiger partial charge is 0.264 e. The summed E-state index contributed by atoms with van der Waals surface area (Å²) in [6.07, 6.45) is -0.789. The van der Waals surface area contributed by atoms with Crippen molar-refractivity contribution >= 4 is 33.4 Å². The number of anilines is 1. The van der Waals surface area contributed by atoms with Crippen LogP contribution in [0.5, 0.6) is 0 Å². The summed E-state index contributed by atoms with van der Waals surface area (Å²) in [6.45, 7) is 6.11. The van der Waals surface area contributed by atoms with E-state index in [1.54, 1.807) is 19.1 Å². The maximum atomic E-state index is 14.0. The van der Waals surface area contributed by atoms with Gasteiger partial charge in [0.15, 0.2) is 10.8 Å². The minimum Gasteiger partial charge on any atom is -0.300 e. The number of alkyl halides is 2. The average molecular weight is 508 g/mol. The monoisotopic (exact) mass is 507 g/mol. The molecule has 0 aliphatic heterocycles. The number of benzene rings is 1. The zero-order chi connectivity index (χ0) is 25.4. The Hall–Kier alpha value is -3.99. The lowest BCUT2D eigenvalue weighted by Gasteiger charge is -2.09. The number of pyridine rings is 1. The van der Waals surface area contributed by atoms with E-state index in [2.05, 4.69) is 25.5 Å². The Labute approximate surface area is 209 Å². The minimum absolute atomic E-state index is 0.157. The van der Waals surface area contributed by atoms with Gasteiger partial charge in [0.25, 0.3) is 6.43 Å². The lowest BCUT2D eigenvalue weighted by molar-refractivity contribution is -0.116. The molecule has 5 rings (SSSR count). The standard InChI is InChI=1S/C25H23F2N7OS/c1-4-33-11-18(14(2)31-33)20-13-36-25(29-20)30-21(35)12-34-24-22(15(3)32-34)17(23(26)27)10-19(28-24)16-8-6-5-7-9-16/h5-11,13,23H,4,12H2,1-3H3,(H,29,30,35). The van der Waals surface area contributed by atoms with Crippen LogP contribution < -0.4 is 5.32 Å². The molecule has 0 atom stereocenters. The van der Waals surface area contributed by atoms with Crippen LogP contribution in [-0.2, 0) is 17.9 Å². The first-order valence-corrected chi connectivity index (χ1v) is 12.2. The first kappa shape index (κ1) is 23.7. The molecule has 0 aliphatic carbocycles. The predicted molar refractivity (Wildman–Crippen MR) is 135 cm³/mol. The Balaban J connectivity index is 1.43. The van der Waals surface area contributed by atoms with Gasteiger partial charge in [-0.1, -0.05) is 30.3 Å². The van der Waals surface area contributed by atoms with Crippen LogP contribution in [0.1, 0.15) is 30.3 Å². The molecule has 1 amide bonds. The number of carbonyl (C=O) groups excluding carboxylic acids is 1. The number of thiazole rings is 1. The van der Waals surface area contributed by atoms with Crippen molar-refractivity contribution in [2.45, 2.75) is 40.3 Å². The second-order valence-electron chi connectivity index (χ2n) is 8.28. The van der Waals surface area contributed by atoms with Crippen LogP contribution in [-0.4, -0.2) is 35.4 Å². The molecule has 4 aromatic heterocycles. The largest absolute Gasteiger partial charge is 0.300 e. The van der Waals surface area contributed by atoms with E-state index in [0.29, 0.717) is 22.1 Å². The van der Waals surface area contributed by atoms with Crippen LogP contribution >= 0.6 is 11.3 Å². The van der Waals surface area contributed by atoms with Gasteiger partial charge in [0.2, 0.25) is 5.91 Å². The Kier molecular flexibility index (Phi) is 6.31.